The second-order valence-electron chi connectivity index (χ2n) is 7.44. The van der Waals surface area contributed by atoms with Gasteiger partial charge in [-0.15, -0.1) is 0 Å². The summed E-state index contributed by atoms with van der Waals surface area (Å²) in [6, 6.07) is 15.0. The molecule has 0 atom stereocenters. The molecule has 0 aliphatic carbocycles. The molecule has 11 nitrogen and oxygen atoms in total. The minimum atomic E-state index is 1.14. The predicted molar refractivity (Wildman–Crippen MR) is 156 cm³/mol. The van der Waals surface area contributed by atoms with Crippen LogP contribution in [0, 0.1) is 0 Å². The van der Waals surface area contributed by atoms with Crippen LogP contribution in [0.1, 0.15) is 12.8 Å². The van der Waals surface area contributed by atoms with Gasteiger partial charge in [0.05, 0.1) is 6.33 Å². The number of piperazine rings is 1. The molecule has 208 valence electrons. The number of nitrogens with zero attached hydrogens (tertiary/aromatic N) is 6. The lowest BCUT2D eigenvalue weighted by atomic mass is 10.4. The summed E-state index contributed by atoms with van der Waals surface area (Å²) in [4.78, 5) is 21.3. The van der Waals surface area contributed by atoms with E-state index in [4.69, 9.17) is 0 Å². The summed E-state index contributed by atoms with van der Waals surface area (Å²) in [7, 11) is 0. The van der Waals surface area contributed by atoms with Crippen LogP contribution >= 0.6 is 0 Å². The highest BCUT2D eigenvalue weighted by molar-refractivity contribution is 4.88. The van der Waals surface area contributed by atoms with Crippen LogP contribution in [0.5, 0.6) is 0 Å². The van der Waals surface area contributed by atoms with Crippen LogP contribution in [0.25, 0.3) is 0 Å². The lowest BCUT2D eigenvalue weighted by molar-refractivity contribution is 0.534. The van der Waals surface area contributed by atoms with Gasteiger partial charge in [0.2, 0.25) is 0 Å². The summed E-state index contributed by atoms with van der Waals surface area (Å²) in [6.07, 6.45) is 23.2. The van der Waals surface area contributed by atoms with Crippen molar-refractivity contribution in [2.24, 2.45) is 0 Å². The zero-order valence-corrected chi connectivity index (χ0v) is 22.4. The normalized spacial score (nSPS) is 12.5. The van der Waals surface area contributed by atoms with E-state index >= 15 is 0 Å². The van der Waals surface area contributed by atoms with E-state index < -0.39 is 0 Å². The van der Waals surface area contributed by atoms with Crippen molar-refractivity contribution in [1.82, 2.24) is 56.1 Å². The van der Waals surface area contributed by atoms with Gasteiger partial charge in [-0.05, 0) is 62.3 Å². The minimum Gasteiger partial charge on any atom is -0.351 e. The number of H-pyrrole nitrogens is 2. The molecule has 2 aliphatic rings. The van der Waals surface area contributed by atoms with E-state index in [1.165, 1.54) is 32.3 Å². The van der Waals surface area contributed by atoms with Gasteiger partial charge in [0, 0.05) is 88.1 Å². The maximum absolute atomic E-state index is 3.78. The zero-order chi connectivity index (χ0) is 27.6. The molecule has 7 heterocycles. The molecule has 2 fully saturated rings. The van der Waals surface area contributed by atoms with Gasteiger partial charge in [0.15, 0.2) is 0 Å². The fourth-order valence-corrected chi connectivity index (χ4v) is 2.54. The molecule has 0 bridgehead atoms. The van der Waals surface area contributed by atoms with Gasteiger partial charge in [-0.25, -0.2) is 15.0 Å². The Labute approximate surface area is 231 Å². The number of pyridine rings is 2. The Morgan fingerprint density at radius 1 is 0.410 bits per heavy atom. The van der Waals surface area contributed by atoms with Crippen LogP contribution < -0.4 is 16.0 Å². The van der Waals surface area contributed by atoms with Gasteiger partial charge in [-0.3, -0.25) is 15.1 Å². The van der Waals surface area contributed by atoms with E-state index in [0.717, 1.165) is 26.2 Å². The second-order valence-corrected chi connectivity index (χ2v) is 7.44. The summed E-state index contributed by atoms with van der Waals surface area (Å²) in [5.74, 6) is 0. The molecule has 0 radical (unpaired) electrons. The molecule has 7 rings (SSSR count). The number of rotatable bonds is 0. The highest BCUT2D eigenvalue weighted by atomic mass is 15.1. The average Bonchev–Trinajstić information content (AvgIpc) is 3.89. The summed E-state index contributed by atoms with van der Waals surface area (Å²) in [6.45, 7) is 7.06. The number of hydrogen-bond acceptors (Lipinski definition) is 9. The van der Waals surface area contributed by atoms with E-state index in [9.17, 15) is 0 Å². The molecule has 0 unspecified atom stereocenters. The van der Waals surface area contributed by atoms with Crippen molar-refractivity contribution in [2.75, 3.05) is 39.3 Å². The van der Waals surface area contributed by atoms with Crippen LogP contribution in [0.2, 0.25) is 0 Å². The Balaban J connectivity index is 0.000000228. The Morgan fingerprint density at radius 2 is 0.949 bits per heavy atom. The molecule has 5 N–H and O–H groups in total. The second kappa shape index (κ2) is 29.9. The third-order valence-electron chi connectivity index (χ3n) is 4.34. The monoisotopic (exact) mass is 531 g/mol. The fraction of sp³-hybridized carbons (Fsp3) is 0.286. The zero-order valence-electron chi connectivity index (χ0n) is 22.4. The highest BCUT2D eigenvalue weighted by Crippen LogP contribution is 1.90. The van der Waals surface area contributed by atoms with Crippen molar-refractivity contribution in [3.8, 4) is 0 Å². The third kappa shape index (κ3) is 28.1. The molecule has 0 spiro atoms. The Bertz CT molecular complexity index is 745. The number of aromatic amines is 2. The first-order valence-electron chi connectivity index (χ1n) is 12.9. The molecule has 2 saturated heterocycles. The van der Waals surface area contributed by atoms with Crippen molar-refractivity contribution < 1.29 is 0 Å². The maximum atomic E-state index is 3.78. The summed E-state index contributed by atoms with van der Waals surface area (Å²) >= 11 is 0. The summed E-state index contributed by atoms with van der Waals surface area (Å²) in [5, 5.41) is 15.9. The van der Waals surface area contributed by atoms with E-state index in [1.54, 1.807) is 74.4 Å². The Morgan fingerprint density at radius 3 is 1.10 bits per heavy atom. The molecule has 5 aromatic rings. The topological polar surface area (TPSA) is 145 Å². The van der Waals surface area contributed by atoms with Crippen molar-refractivity contribution in [1.29, 1.82) is 0 Å². The number of imidazole rings is 1. The first-order valence-corrected chi connectivity index (χ1v) is 12.9. The largest absolute Gasteiger partial charge is 0.351 e. The Hall–Kier alpha value is -4.32. The lowest BCUT2D eigenvalue weighted by Gasteiger charge is -2.11. The van der Waals surface area contributed by atoms with Crippen molar-refractivity contribution in [3.63, 3.8) is 0 Å². The third-order valence-corrected chi connectivity index (χ3v) is 4.34. The molecule has 2 aliphatic heterocycles. The number of hydrogen-bond donors (Lipinski definition) is 5. The van der Waals surface area contributed by atoms with Gasteiger partial charge in [0.1, 0.15) is 6.33 Å². The van der Waals surface area contributed by atoms with Crippen LogP contribution in [0.4, 0.5) is 0 Å². The van der Waals surface area contributed by atoms with Crippen LogP contribution in [0.15, 0.2) is 123 Å². The predicted octanol–water partition coefficient (Wildman–Crippen LogP) is 3.01. The van der Waals surface area contributed by atoms with Crippen LogP contribution in [0.3, 0.4) is 0 Å². The smallest absolute Gasteiger partial charge is 0.115 e. The van der Waals surface area contributed by atoms with Gasteiger partial charge in [-0.2, -0.15) is 5.10 Å². The lowest BCUT2D eigenvalue weighted by Crippen LogP contribution is -2.39. The van der Waals surface area contributed by atoms with Crippen molar-refractivity contribution in [2.45, 2.75) is 12.8 Å². The molecule has 0 saturated carbocycles. The first-order chi connectivity index (χ1) is 19.5. The standard InChI is InChI=1S/2C5H5N.C4H10N2.C4H4N2.C4H9N.2C3H4N2/c2*1-2-4-6-5-3-1;1-2-6-4-3-5-1;1-2-5-4-6-3-1;1-2-4-5-3-1;1-2-5-3-4-1;1-2-4-5-3-1/h2*1-5H;5-6H,1-4H2;1-4H;5H,1-4H2;2*1-3H,(H,4,5). The molecule has 0 amide bonds. The minimum absolute atomic E-state index is 1.14. The number of aromatic nitrogens is 8. The average molecular weight is 532 g/mol. The van der Waals surface area contributed by atoms with Crippen molar-refractivity contribution >= 4 is 0 Å². The SMILES string of the molecule is C1CCNC1.C1CNCCN1.c1c[nH]cn1.c1ccncc1.c1ccncc1.c1cn[nH]c1.c1cncnc1. The van der Waals surface area contributed by atoms with Gasteiger partial charge in [0.25, 0.3) is 0 Å². The van der Waals surface area contributed by atoms with E-state index in [0.29, 0.717) is 0 Å². The molecular weight excluding hydrogens is 490 g/mol. The molecule has 0 aromatic carbocycles. The van der Waals surface area contributed by atoms with Gasteiger partial charge < -0.3 is 20.9 Å². The van der Waals surface area contributed by atoms with E-state index in [2.05, 4.69) is 56.1 Å². The first kappa shape index (κ1) is 32.7. The van der Waals surface area contributed by atoms with Gasteiger partial charge >= 0.3 is 0 Å². The van der Waals surface area contributed by atoms with Gasteiger partial charge in [-0.1, -0.05) is 12.1 Å². The Kier molecular flexibility index (Phi) is 25.1. The molecule has 5 aromatic heterocycles. The van der Waals surface area contributed by atoms with Crippen LogP contribution in [-0.4, -0.2) is 79.4 Å². The van der Waals surface area contributed by atoms with E-state index in [-0.39, 0.29) is 0 Å². The number of nitrogens with one attached hydrogen (secondary N) is 5. The highest BCUT2D eigenvalue weighted by Gasteiger charge is 1.93. The van der Waals surface area contributed by atoms with Crippen molar-refractivity contribution in [3.05, 3.63) is 123 Å². The van der Waals surface area contributed by atoms with E-state index in [1.807, 2.05) is 42.5 Å². The summed E-state index contributed by atoms with van der Waals surface area (Å²) in [5.41, 5.74) is 0. The molecular formula is C28H41N11. The molecule has 11 heteroatoms. The fourth-order valence-electron chi connectivity index (χ4n) is 2.54. The van der Waals surface area contributed by atoms with Crippen LogP contribution in [-0.2, 0) is 0 Å². The maximum Gasteiger partial charge on any atom is 0.115 e. The molecule has 39 heavy (non-hydrogen) atoms. The quantitative estimate of drug-likeness (QED) is 0.204. The summed E-state index contributed by atoms with van der Waals surface area (Å²) < 4.78 is 0.